The summed E-state index contributed by atoms with van der Waals surface area (Å²) in [5, 5.41) is 15.4. The smallest absolute Gasteiger partial charge is 0.146 e. The second-order valence-corrected chi connectivity index (χ2v) is 4.60. The Kier molecular flexibility index (Phi) is 4.77. The summed E-state index contributed by atoms with van der Waals surface area (Å²) in [6, 6.07) is 5.54. The molecule has 22 heavy (non-hydrogen) atoms. The van der Waals surface area contributed by atoms with Crippen LogP contribution in [0.2, 0.25) is 0 Å². The highest BCUT2D eigenvalue weighted by Crippen LogP contribution is 2.33. The van der Waals surface area contributed by atoms with Crippen LogP contribution in [0.5, 0.6) is 11.5 Å². The summed E-state index contributed by atoms with van der Waals surface area (Å²) < 4.78 is 12.7. The van der Waals surface area contributed by atoms with Gasteiger partial charge in [0.2, 0.25) is 0 Å². The van der Waals surface area contributed by atoms with Crippen LogP contribution in [0.25, 0.3) is 5.69 Å². The molecule has 0 radical (unpaired) electrons. The van der Waals surface area contributed by atoms with E-state index in [1.54, 1.807) is 14.2 Å². The molecule has 2 rings (SSSR count). The van der Waals surface area contributed by atoms with E-state index >= 15 is 0 Å². The SMILES string of the molecule is COc1cccc(OC)c1-n1c(C)nnc1CC(N)=CC=N. The minimum atomic E-state index is 0.372. The molecule has 0 saturated carbocycles. The maximum atomic E-state index is 7.09. The van der Waals surface area contributed by atoms with Gasteiger partial charge in [-0.05, 0) is 25.1 Å². The Hall–Kier alpha value is -2.83. The van der Waals surface area contributed by atoms with Crippen molar-refractivity contribution >= 4 is 6.21 Å². The summed E-state index contributed by atoms with van der Waals surface area (Å²) in [4.78, 5) is 0. The van der Waals surface area contributed by atoms with E-state index in [4.69, 9.17) is 20.6 Å². The fraction of sp³-hybridized carbons (Fsp3) is 0.267. The van der Waals surface area contributed by atoms with E-state index in [0.717, 1.165) is 11.9 Å². The molecule has 0 aliphatic carbocycles. The molecule has 0 spiro atoms. The number of nitrogens with one attached hydrogen (secondary N) is 1. The summed E-state index contributed by atoms with van der Waals surface area (Å²) >= 11 is 0. The molecule has 0 fully saturated rings. The van der Waals surface area contributed by atoms with Crippen molar-refractivity contribution in [1.82, 2.24) is 14.8 Å². The summed E-state index contributed by atoms with van der Waals surface area (Å²) in [6.45, 7) is 1.85. The third-order valence-electron chi connectivity index (χ3n) is 3.18. The highest BCUT2D eigenvalue weighted by Gasteiger charge is 2.19. The van der Waals surface area contributed by atoms with Crippen molar-refractivity contribution in [3.05, 3.63) is 41.6 Å². The van der Waals surface area contributed by atoms with Gasteiger partial charge in [-0.2, -0.15) is 0 Å². The molecular formula is C15H19N5O2. The first-order valence-electron chi connectivity index (χ1n) is 6.69. The number of benzene rings is 1. The monoisotopic (exact) mass is 301 g/mol. The lowest BCUT2D eigenvalue weighted by Gasteiger charge is -2.16. The standard InChI is InChI=1S/C15H19N5O2/c1-10-18-19-14(9-11(17)7-8-16)20(10)15-12(21-2)5-4-6-13(15)22-3/h4-8,16H,9,17H2,1-3H3. The third-order valence-corrected chi connectivity index (χ3v) is 3.18. The Balaban J connectivity index is 2.61. The van der Waals surface area contributed by atoms with Crippen LogP contribution in [0, 0.1) is 12.3 Å². The molecule has 0 saturated heterocycles. The Morgan fingerprint density at radius 1 is 1.27 bits per heavy atom. The van der Waals surface area contributed by atoms with Gasteiger partial charge in [0.05, 0.1) is 14.2 Å². The number of aromatic nitrogens is 3. The van der Waals surface area contributed by atoms with Gasteiger partial charge >= 0.3 is 0 Å². The van der Waals surface area contributed by atoms with Crippen molar-refractivity contribution in [2.45, 2.75) is 13.3 Å². The molecule has 7 nitrogen and oxygen atoms in total. The lowest BCUT2D eigenvalue weighted by Crippen LogP contribution is -2.10. The van der Waals surface area contributed by atoms with E-state index in [-0.39, 0.29) is 0 Å². The highest BCUT2D eigenvalue weighted by atomic mass is 16.5. The molecule has 1 heterocycles. The number of hydrogen-bond donors (Lipinski definition) is 2. The van der Waals surface area contributed by atoms with Crippen LogP contribution in [-0.2, 0) is 6.42 Å². The number of aryl methyl sites for hydroxylation is 1. The van der Waals surface area contributed by atoms with Gasteiger partial charge in [-0.1, -0.05) is 6.07 Å². The quantitative estimate of drug-likeness (QED) is 0.790. The topological polar surface area (TPSA) is 99.0 Å². The molecule has 7 heteroatoms. The number of para-hydroxylation sites is 1. The number of ether oxygens (including phenoxy) is 2. The molecule has 0 unspecified atom stereocenters. The molecule has 0 amide bonds. The van der Waals surface area contributed by atoms with Crippen LogP contribution in [0.15, 0.2) is 30.0 Å². The summed E-state index contributed by atoms with van der Waals surface area (Å²) in [7, 11) is 3.20. The number of methoxy groups -OCH3 is 2. The molecule has 2 aromatic rings. The number of nitrogens with zero attached hydrogens (tertiary/aromatic N) is 3. The first-order chi connectivity index (χ1) is 10.6. The number of hydrogen-bond acceptors (Lipinski definition) is 6. The Labute approximate surface area is 128 Å². The predicted molar refractivity (Wildman–Crippen MR) is 84.0 cm³/mol. The van der Waals surface area contributed by atoms with Crippen LogP contribution < -0.4 is 15.2 Å². The van der Waals surface area contributed by atoms with Crippen LogP contribution in [0.3, 0.4) is 0 Å². The van der Waals surface area contributed by atoms with E-state index in [9.17, 15) is 0 Å². The maximum absolute atomic E-state index is 7.09. The van der Waals surface area contributed by atoms with Crippen molar-refractivity contribution in [1.29, 1.82) is 5.41 Å². The van der Waals surface area contributed by atoms with E-state index in [1.807, 2.05) is 29.7 Å². The van der Waals surface area contributed by atoms with Crippen LogP contribution in [0.1, 0.15) is 11.6 Å². The van der Waals surface area contributed by atoms with Crippen molar-refractivity contribution < 1.29 is 9.47 Å². The van der Waals surface area contributed by atoms with Gasteiger partial charge < -0.3 is 20.6 Å². The summed E-state index contributed by atoms with van der Waals surface area (Å²) in [5.41, 5.74) is 7.13. The van der Waals surface area contributed by atoms with Gasteiger partial charge in [0.1, 0.15) is 28.8 Å². The second-order valence-electron chi connectivity index (χ2n) is 4.60. The van der Waals surface area contributed by atoms with Gasteiger partial charge in [-0.15, -0.1) is 10.2 Å². The first-order valence-corrected chi connectivity index (χ1v) is 6.69. The van der Waals surface area contributed by atoms with Gasteiger partial charge in [0.15, 0.2) is 0 Å². The molecule has 0 aliphatic rings. The normalized spacial score (nSPS) is 11.3. The van der Waals surface area contributed by atoms with E-state index in [1.165, 1.54) is 6.08 Å². The lowest BCUT2D eigenvalue weighted by molar-refractivity contribution is 0.390. The molecular weight excluding hydrogens is 282 g/mol. The zero-order valence-corrected chi connectivity index (χ0v) is 12.8. The predicted octanol–water partition coefficient (Wildman–Crippen LogP) is 1.63. The molecule has 0 atom stereocenters. The molecule has 0 bridgehead atoms. The zero-order valence-electron chi connectivity index (χ0n) is 12.8. The van der Waals surface area contributed by atoms with Gasteiger partial charge in [-0.3, -0.25) is 4.57 Å². The van der Waals surface area contributed by atoms with E-state index in [0.29, 0.717) is 35.3 Å². The average Bonchev–Trinajstić information content (AvgIpc) is 2.86. The van der Waals surface area contributed by atoms with E-state index in [2.05, 4.69) is 10.2 Å². The minimum absolute atomic E-state index is 0.372. The van der Waals surface area contributed by atoms with Gasteiger partial charge in [-0.25, -0.2) is 0 Å². The molecule has 3 N–H and O–H groups in total. The average molecular weight is 301 g/mol. The fourth-order valence-electron chi connectivity index (χ4n) is 2.21. The molecule has 1 aromatic heterocycles. The van der Waals surface area contributed by atoms with Crippen molar-refractivity contribution in [2.24, 2.45) is 5.73 Å². The molecule has 0 aliphatic heterocycles. The largest absolute Gasteiger partial charge is 0.494 e. The fourth-order valence-corrected chi connectivity index (χ4v) is 2.21. The third kappa shape index (κ3) is 2.93. The van der Waals surface area contributed by atoms with Gasteiger partial charge in [0.25, 0.3) is 0 Å². The number of allylic oxidation sites excluding steroid dienone is 2. The van der Waals surface area contributed by atoms with Crippen molar-refractivity contribution in [2.75, 3.05) is 14.2 Å². The van der Waals surface area contributed by atoms with Crippen LogP contribution in [0.4, 0.5) is 0 Å². The molecule has 1 aromatic carbocycles. The maximum Gasteiger partial charge on any atom is 0.146 e. The lowest BCUT2D eigenvalue weighted by atomic mass is 10.2. The Morgan fingerprint density at radius 2 is 1.91 bits per heavy atom. The van der Waals surface area contributed by atoms with Crippen LogP contribution in [-0.4, -0.2) is 35.2 Å². The second kappa shape index (κ2) is 6.75. The Morgan fingerprint density at radius 3 is 2.45 bits per heavy atom. The number of rotatable bonds is 6. The van der Waals surface area contributed by atoms with Gasteiger partial charge in [0, 0.05) is 18.3 Å². The molecule has 116 valence electrons. The van der Waals surface area contributed by atoms with Crippen LogP contribution >= 0.6 is 0 Å². The Bertz CT molecular complexity index is 684. The zero-order chi connectivity index (χ0) is 16.1. The number of nitrogens with two attached hydrogens (primary N) is 1. The highest BCUT2D eigenvalue weighted by molar-refractivity contribution is 5.68. The van der Waals surface area contributed by atoms with E-state index < -0.39 is 0 Å². The first kappa shape index (κ1) is 15.6. The van der Waals surface area contributed by atoms with Crippen molar-refractivity contribution in [3.8, 4) is 17.2 Å². The summed E-state index contributed by atoms with van der Waals surface area (Å²) in [5.74, 6) is 2.65. The summed E-state index contributed by atoms with van der Waals surface area (Å²) in [6.07, 6.45) is 3.04. The minimum Gasteiger partial charge on any atom is -0.494 e. The van der Waals surface area contributed by atoms with Crippen molar-refractivity contribution in [3.63, 3.8) is 0 Å².